The average molecular weight is 262 g/mol. The van der Waals surface area contributed by atoms with Crippen molar-refractivity contribution in [2.75, 3.05) is 24.5 Å². The summed E-state index contributed by atoms with van der Waals surface area (Å²) in [6.07, 6.45) is 6.49. The van der Waals surface area contributed by atoms with Crippen LogP contribution < -0.4 is 15.8 Å². The van der Waals surface area contributed by atoms with Crippen LogP contribution in [0.3, 0.4) is 0 Å². The van der Waals surface area contributed by atoms with E-state index in [4.69, 9.17) is 0 Å². The van der Waals surface area contributed by atoms with Crippen molar-refractivity contribution in [2.45, 2.75) is 38.1 Å². The third-order valence-electron chi connectivity index (χ3n) is 4.10. The molecule has 1 aromatic heterocycles. The van der Waals surface area contributed by atoms with Crippen LogP contribution in [0.2, 0.25) is 0 Å². The summed E-state index contributed by atoms with van der Waals surface area (Å²) in [7, 11) is 0. The minimum Gasteiger partial charge on any atom is -0.351 e. The maximum Gasteiger partial charge on any atom is 0.264 e. The van der Waals surface area contributed by atoms with Gasteiger partial charge in [0, 0.05) is 25.2 Å². The van der Waals surface area contributed by atoms with Crippen LogP contribution in [0.1, 0.15) is 32.1 Å². The van der Waals surface area contributed by atoms with E-state index in [9.17, 15) is 4.79 Å². The van der Waals surface area contributed by atoms with Gasteiger partial charge in [-0.2, -0.15) is 5.10 Å². The van der Waals surface area contributed by atoms with Gasteiger partial charge in [-0.05, 0) is 50.6 Å². The summed E-state index contributed by atoms with van der Waals surface area (Å²) in [5.41, 5.74) is -0.135. The van der Waals surface area contributed by atoms with Crippen molar-refractivity contribution in [1.29, 1.82) is 0 Å². The first-order valence-corrected chi connectivity index (χ1v) is 7.36. The molecule has 0 radical (unpaired) electrons. The molecule has 5 nitrogen and oxygen atoms in total. The zero-order valence-electron chi connectivity index (χ0n) is 11.3. The monoisotopic (exact) mass is 262 g/mol. The van der Waals surface area contributed by atoms with Gasteiger partial charge in [-0.3, -0.25) is 4.79 Å². The van der Waals surface area contributed by atoms with Gasteiger partial charge in [0.05, 0.1) is 0 Å². The summed E-state index contributed by atoms with van der Waals surface area (Å²) in [5.74, 6) is 1.82. The molecule has 0 spiro atoms. The Bertz CT molecular complexity index is 448. The molecule has 0 bridgehead atoms. The van der Waals surface area contributed by atoms with Gasteiger partial charge in [0.1, 0.15) is 5.82 Å². The zero-order chi connectivity index (χ0) is 13.1. The molecule has 1 saturated carbocycles. The Morgan fingerprint density at radius 1 is 1.26 bits per heavy atom. The first-order valence-electron chi connectivity index (χ1n) is 7.36. The fraction of sp³-hybridized carbons (Fsp3) is 0.714. The molecule has 2 fully saturated rings. The van der Waals surface area contributed by atoms with Crippen molar-refractivity contribution in [3.05, 3.63) is 22.5 Å². The molecule has 5 heteroatoms. The molecule has 2 aliphatic rings. The normalized spacial score (nSPS) is 23.6. The van der Waals surface area contributed by atoms with E-state index in [1.807, 2.05) is 6.07 Å². The van der Waals surface area contributed by atoms with Crippen molar-refractivity contribution in [3.63, 3.8) is 0 Å². The van der Waals surface area contributed by atoms with Gasteiger partial charge in [-0.15, -0.1) is 0 Å². The molecule has 1 atom stereocenters. The van der Waals surface area contributed by atoms with Crippen LogP contribution in [0.4, 0.5) is 5.82 Å². The number of hydrogen-bond donors (Lipinski definition) is 2. The molecule has 104 valence electrons. The summed E-state index contributed by atoms with van der Waals surface area (Å²) in [5, 5.41) is 10.3. The smallest absolute Gasteiger partial charge is 0.264 e. The van der Waals surface area contributed by atoms with Crippen LogP contribution in [-0.4, -0.2) is 35.9 Å². The molecule has 0 aromatic carbocycles. The fourth-order valence-electron chi connectivity index (χ4n) is 2.79. The molecule has 19 heavy (non-hydrogen) atoms. The van der Waals surface area contributed by atoms with Crippen LogP contribution in [0.5, 0.6) is 0 Å². The highest BCUT2D eigenvalue weighted by Crippen LogP contribution is 2.28. The lowest BCUT2D eigenvalue weighted by atomic mass is 10.0. The highest BCUT2D eigenvalue weighted by atomic mass is 16.1. The lowest BCUT2D eigenvalue weighted by Gasteiger charge is -2.36. The Kier molecular flexibility index (Phi) is 3.82. The number of H-pyrrole nitrogens is 1. The summed E-state index contributed by atoms with van der Waals surface area (Å²) in [4.78, 5) is 13.4. The van der Waals surface area contributed by atoms with Crippen LogP contribution in [-0.2, 0) is 0 Å². The Labute approximate surface area is 113 Å². The second-order valence-corrected chi connectivity index (χ2v) is 5.72. The molecule has 2 N–H and O–H groups in total. The molecular formula is C14H22N4O. The van der Waals surface area contributed by atoms with Gasteiger partial charge >= 0.3 is 0 Å². The number of nitrogens with one attached hydrogen (secondary N) is 2. The SMILES string of the molecule is O=c1ccc(N2CCCCC2CNCC2CC2)n[nH]1. The first-order chi connectivity index (χ1) is 9.33. The number of nitrogens with zero attached hydrogens (tertiary/aromatic N) is 2. The number of aromatic amines is 1. The third-order valence-corrected chi connectivity index (χ3v) is 4.10. The largest absolute Gasteiger partial charge is 0.351 e. The molecule has 1 aliphatic heterocycles. The van der Waals surface area contributed by atoms with Crippen molar-refractivity contribution in [3.8, 4) is 0 Å². The van der Waals surface area contributed by atoms with E-state index >= 15 is 0 Å². The quantitative estimate of drug-likeness (QED) is 0.835. The van der Waals surface area contributed by atoms with Crippen molar-refractivity contribution >= 4 is 5.82 Å². The maximum atomic E-state index is 11.1. The van der Waals surface area contributed by atoms with Crippen LogP contribution in [0, 0.1) is 5.92 Å². The lowest BCUT2D eigenvalue weighted by molar-refractivity contribution is 0.428. The van der Waals surface area contributed by atoms with Crippen molar-refractivity contribution < 1.29 is 0 Å². The van der Waals surface area contributed by atoms with Crippen LogP contribution in [0.15, 0.2) is 16.9 Å². The summed E-state index contributed by atoms with van der Waals surface area (Å²) in [6, 6.07) is 3.90. The average Bonchev–Trinajstić information content (AvgIpc) is 3.25. The lowest BCUT2D eigenvalue weighted by Crippen LogP contribution is -2.46. The number of anilines is 1. The standard InChI is InChI=1S/C14H22N4O/c19-14-7-6-13(16-17-14)18-8-2-1-3-12(18)10-15-9-11-4-5-11/h6-7,11-12,15H,1-5,8-10H2,(H,17,19). The fourth-order valence-corrected chi connectivity index (χ4v) is 2.79. The third kappa shape index (κ3) is 3.35. The Morgan fingerprint density at radius 2 is 2.16 bits per heavy atom. The van der Waals surface area contributed by atoms with E-state index < -0.39 is 0 Å². The van der Waals surface area contributed by atoms with Gasteiger partial charge in [0.25, 0.3) is 5.56 Å². The number of hydrogen-bond acceptors (Lipinski definition) is 4. The highest BCUT2D eigenvalue weighted by molar-refractivity contribution is 5.38. The van der Waals surface area contributed by atoms with Gasteiger partial charge in [-0.25, -0.2) is 5.10 Å². The maximum absolute atomic E-state index is 11.1. The second kappa shape index (κ2) is 5.74. The topological polar surface area (TPSA) is 61.0 Å². The molecule has 1 saturated heterocycles. The van der Waals surface area contributed by atoms with Gasteiger partial charge in [-0.1, -0.05) is 0 Å². The van der Waals surface area contributed by atoms with Crippen LogP contribution >= 0.6 is 0 Å². The zero-order valence-corrected chi connectivity index (χ0v) is 11.3. The number of aromatic nitrogens is 2. The van der Waals surface area contributed by atoms with Crippen molar-refractivity contribution in [1.82, 2.24) is 15.5 Å². The minimum atomic E-state index is -0.135. The molecular weight excluding hydrogens is 240 g/mol. The van der Waals surface area contributed by atoms with E-state index in [2.05, 4.69) is 20.4 Å². The first kappa shape index (κ1) is 12.7. The predicted octanol–water partition coefficient (Wildman–Crippen LogP) is 1.13. The number of rotatable bonds is 5. The molecule has 0 amide bonds. The van der Waals surface area contributed by atoms with Crippen LogP contribution in [0.25, 0.3) is 0 Å². The summed E-state index contributed by atoms with van der Waals surface area (Å²) < 4.78 is 0. The van der Waals surface area contributed by atoms with E-state index in [0.717, 1.165) is 31.4 Å². The predicted molar refractivity (Wildman–Crippen MR) is 75.4 cm³/mol. The summed E-state index contributed by atoms with van der Waals surface area (Å²) >= 11 is 0. The molecule has 1 aliphatic carbocycles. The molecule has 3 rings (SSSR count). The second-order valence-electron chi connectivity index (χ2n) is 5.72. The Balaban J connectivity index is 1.61. The van der Waals surface area contributed by atoms with E-state index in [-0.39, 0.29) is 5.56 Å². The van der Waals surface area contributed by atoms with E-state index in [1.165, 1.54) is 32.1 Å². The van der Waals surface area contributed by atoms with Gasteiger partial charge in [0.15, 0.2) is 0 Å². The number of piperidine rings is 1. The van der Waals surface area contributed by atoms with Crippen molar-refractivity contribution in [2.24, 2.45) is 5.92 Å². The minimum absolute atomic E-state index is 0.135. The molecule has 1 aromatic rings. The van der Waals surface area contributed by atoms with Gasteiger partial charge in [0.2, 0.25) is 0 Å². The Morgan fingerprint density at radius 3 is 2.89 bits per heavy atom. The molecule has 2 heterocycles. The molecule has 1 unspecified atom stereocenters. The Hall–Kier alpha value is -1.36. The van der Waals surface area contributed by atoms with Gasteiger partial charge < -0.3 is 10.2 Å². The highest BCUT2D eigenvalue weighted by Gasteiger charge is 2.25. The van der Waals surface area contributed by atoms with E-state index in [1.54, 1.807) is 6.07 Å². The van der Waals surface area contributed by atoms with E-state index in [0.29, 0.717) is 6.04 Å². The summed E-state index contributed by atoms with van der Waals surface area (Å²) in [6.45, 7) is 3.22.